The van der Waals surface area contributed by atoms with Gasteiger partial charge in [-0.2, -0.15) is 15.2 Å². The Balaban J connectivity index is 1.91. The summed E-state index contributed by atoms with van der Waals surface area (Å²) in [5, 5.41) is 16.2. The van der Waals surface area contributed by atoms with Crippen LogP contribution in [0.3, 0.4) is 0 Å². The molecular weight excluding hydrogens is 334 g/mol. The van der Waals surface area contributed by atoms with Crippen molar-refractivity contribution >= 4 is 29.0 Å². The Kier molecular flexibility index (Phi) is 5.02. The Morgan fingerprint density at radius 3 is 2.54 bits per heavy atom. The minimum atomic E-state index is -1.04. The number of nitrogens with one attached hydrogen (secondary N) is 1. The minimum absolute atomic E-state index is 0.130. The van der Waals surface area contributed by atoms with Gasteiger partial charge in [0.15, 0.2) is 5.84 Å². The van der Waals surface area contributed by atoms with Crippen LogP contribution in [0.4, 0.5) is 11.4 Å². The highest BCUT2D eigenvalue weighted by molar-refractivity contribution is 6.21. The highest BCUT2D eigenvalue weighted by Crippen LogP contribution is 2.28. The smallest absolute Gasteiger partial charge is 0.282 e. The number of hydrogen-bond donors (Lipinski definition) is 1. The van der Waals surface area contributed by atoms with E-state index in [9.17, 15) is 9.59 Å². The molecule has 0 saturated carbocycles. The number of nitrogens with zero attached hydrogens (tertiary/aromatic N) is 4. The topological polar surface area (TPSA) is 95.7 Å². The number of hydrogen-bond acceptors (Lipinski definition) is 6. The molecule has 0 aromatic heterocycles. The first kappa shape index (κ1) is 17.3. The fourth-order valence-corrected chi connectivity index (χ4v) is 2.41. The standard InChI is InChI=1S/C18H17N5O3/c1-12(24)19-17-16(21-20-14-10-6-7-11-15(14)26-2)18(25)23(22-17)13-8-4-3-5-9-13/h3-11,16H,1-2H3,(H,19,22,24). The lowest BCUT2D eigenvalue weighted by molar-refractivity contribution is -0.117. The highest BCUT2D eigenvalue weighted by atomic mass is 16.5. The molecule has 0 aliphatic carbocycles. The van der Waals surface area contributed by atoms with Gasteiger partial charge >= 0.3 is 0 Å². The van der Waals surface area contributed by atoms with Crippen LogP contribution in [-0.2, 0) is 9.59 Å². The molecular formula is C18H17N5O3. The number of para-hydroxylation sites is 2. The molecule has 8 heteroatoms. The predicted octanol–water partition coefficient (Wildman–Crippen LogP) is 2.64. The van der Waals surface area contributed by atoms with Crippen molar-refractivity contribution in [2.45, 2.75) is 13.0 Å². The molecule has 1 aliphatic heterocycles. The minimum Gasteiger partial charge on any atom is -0.494 e. The summed E-state index contributed by atoms with van der Waals surface area (Å²) >= 11 is 0. The fraction of sp³-hybridized carbons (Fsp3) is 0.167. The number of azo groups is 1. The molecule has 132 valence electrons. The Hall–Kier alpha value is -3.55. The van der Waals surface area contributed by atoms with E-state index in [1.807, 2.05) is 6.07 Å². The second-order valence-corrected chi connectivity index (χ2v) is 5.44. The van der Waals surface area contributed by atoms with E-state index in [1.165, 1.54) is 19.0 Å². The summed E-state index contributed by atoms with van der Waals surface area (Å²) in [6.07, 6.45) is 0. The van der Waals surface area contributed by atoms with Crippen molar-refractivity contribution in [2.75, 3.05) is 12.1 Å². The summed E-state index contributed by atoms with van der Waals surface area (Å²) in [6.45, 7) is 1.34. The zero-order valence-corrected chi connectivity index (χ0v) is 14.3. The molecule has 1 aliphatic rings. The number of anilines is 1. The maximum absolute atomic E-state index is 12.7. The lowest BCUT2D eigenvalue weighted by atomic mass is 10.2. The van der Waals surface area contributed by atoms with Gasteiger partial charge in [0.05, 0.1) is 12.8 Å². The normalized spacial score (nSPS) is 16.7. The summed E-state index contributed by atoms with van der Waals surface area (Å²) in [4.78, 5) is 24.2. The number of amides is 2. The van der Waals surface area contributed by atoms with Crippen molar-refractivity contribution in [1.29, 1.82) is 0 Å². The number of benzene rings is 2. The van der Waals surface area contributed by atoms with Crippen LogP contribution in [0.25, 0.3) is 0 Å². The van der Waals surface area contributed by atoms with Gasteiger partial charge in [-0.25, -0.2) is 0 Å². The third kappa shape index (κ3) is 3.59. The van der Waals surface area contributed by atoms with Gasteiger partial charge in [-0.3, -0.25) is 9.59 Å². The van der Waals surface area contributed by atoms with Crippen molar-refractivity contribution < 1.29 is 14.3 Å². The van der Waals surface area contributed by atoms with Gasteiger partial charge in [-0.1, -0.05) is 30.3 Å². The second-order valence-electron chi connectivity index (χ2n) is 5.44. The van der Waals surface area contributed by atoms with E-state index in [-0.39, 0.29) is 11.7 Å². The first-order chi connectivity index (χ1) is 12.6. The third-order valence-electron chi connectivity index (χ3n) is 3.58. The number of rotatable bonds is 4. The van der Waals surface area contributed by atoms with Crippen LogP contribution in [0.2, 0.25) is 0 Å². The molecule has 3 rings (SSSR count). The Morgan fingerprint density at radius 2 is 1.85 bits per heavy atom. The van der Waals surface area contributed by atoms with Crippen molar-refractivity contribution in [3.63, 3.8) is 0 Å². The number of methoxy groups -OCH3 is 1. The molecule has 2 aromatic rings. The monoisotopic (exact) mass is 351 g/mol. The highest BCUT2D eigenvalue weighted by Gasteiger charge is 2.38. The summed E-state index contributed by atoms with van der Waals surface area (Å²) in [7, 11) is 1.52. The Morgan fingerprint density at radius 1 is 1.15 bits per heavy atom. The molecule has 0 saturated heterocycles. The largest absolute Gasteiger partial charge is 0.494 e. The maximum atomic E-state index is 12.7. The van der Waals surface area contributed by atoms with Gasteiger partial charge in [0.1, 0.15) is 11.4 Å². The van der Waals surface area contributed by atoms with Crippen LogP contribution in [0.5, 0.6) is 5.75 Å². The van der Waals surface area contributed by atoms with E-state index in [2.05, 4.69) is 20.6 Å². The van der Waals surface area contributed by atoms with Gasteiger partial charge in [0.2, 0.25) is 11.9 Å². The second kappa shape index (κ2) is 7.56. The van der Waals surface area contributed by atoms with Crippen LogP contribution in [0.1, 0.15) is 6.92 Å². The van der Waals surface area contributed by atoms with E-state index >= 15 is 0 Å². The molecule has 26 heavy (non-hydrogen) atoms. The molecule has 1 heterocycles. The molecule has 0 radical (unpaired) electrons. The predicted molar refractivity (Wildman–Crippen MR) is 96.5 cm³/mol. The van der Waals surface area contributed by atoms with Gasteiger partial charge < -0.3 is 10.1 Å². The molecule has 2 aromatic carbocycles. The Labute approximate surface area is 150 Å². The summed E-state index contributed by atoms with van der Waals surface area (Å²) in [6, 6.07) is 14.9. The van der Waals surface area contributed by atoms with Crippen molar-refractivity contribution in [2.24, 2.45) is 15.3 Å². The molecule has 0 spiro atoms. The number of amidine groups is 1. The first-order valence-corrected chi connectivity index (χ1v) is 7.89. The molecule has 1 N–H and O–H groups in total. The van der Waals surface area contributed by atoms with Crippen LogP contribution >= 0.6 is 0 Å². The van der Waals surface area contributed by atoms with Gasteiger partial charge in [-0.15, -0.1) is 5.10 Å². The van der Waals surface area contributed by atoms with Crippen LogP contribution < -0.4 is 15.1 Å². The first-order valence-electron chi connectivity index (χ1n) is 7.89. The summed E-state index contributed by atoms with van der Waals surface area (Å²) < 4.78 is 5.22. The van der Waals surface area contributed by atoms with Crippen LogP contribution in [0.15, 0.2) is 69.9 Å². The lowest BCUT2D eigenvalue weighted by Gasteiger charge is -2.11. The zero-order valence-electron chi connectivity index (χ0n) is 14.3. The van der Waals surface area contributed by atoms with Crippen LogP contribution in [-0.4, -0.2) is 30.8 Å². The van der Waals surface area contributed by atoms with Crippen molar-refractivity contribution in [3.8, 4) is 5.75 Å². The SMILES string of the molecule is COc1ccccc1N=NC1C(=O)N(c2ccccc2)N=C1NC(C)=O. The van der Waals surface area contributed by atoms with Gasteiger partial charge in [0, 0.05) is 6.92 Å². The number of ether oxygens (including phenoxy) is 1. The molecule has 8 nitrogen and oxygen atoms in total. The molecule has 1 atom stereocenters. The average molecular weight is 351 g/mol. The summed E-state index contributed by atoms with van der Waals surface area (Å²) in [5.74, 6) is -0.0906. The van der Waals surface area contributed by atoms with E-state index in [0.717, 1.165) is 0 Å². The lowest BCUT2D eigenvalue weighted by Crippen LogP contribution is -2.38. The average Bonchev–Trinajstić information content (AvgIpc) is 2.95. The molecule has 2 amide bonds. The fourth-order valence-electron chi connectivity index (χ4n) is 2.41. The zero-order chi connectivity index (χ0) is 18.5. The van der Waals surface area contributed by atoms with Gasteiger partial charge in [-0.05, 0) is 24.3 Å². The molecule has 0 bridgehead atoms. The number of carbonyl (C=O) groups excluding carboxylic acids is 2. The van der Waals surface area contributed by atoms with Crippen LogP contribution in [0, 0.1) is 0 Å². The van der Waals surface area contributed by atoms with E-state index in [1.54, 1.807) is 48.5 Å². The van der Waals surface area contributed by atoms with E-state index in [0.29, 0.717) is 17.1 Å². The van der Waals surface area contributed by atoms with Crippen molar-refractivity contribution in [3.05, 3.63) is 54.6 Å². The van der Waals surface area contributed by atoms with Crippen molar-refractivity contribution in [1.82, 2.24) is 5.32 Å². The quantitative estimate of drug-likeness (QED) is 0.858. The molecule has 0 fully saturated rings. The third-order valence-corrected chi connectivity index (χ3v) is 3.58. The van der Waals surface area contributed by atoms with E-state index < -0.39 is 11.9 Å². The number of hydrazone groups is 1. The maximum Gasteiger partial charge on any atom is 0.282 e. The van der Waals surface area contributed by atoms with E-state index in [4.69, 9.17) is 4.74 Å². The number of carbonyl (C=O) groups is 2. The summed E-state index contributed by atoms with van der Waals surface area (Å²) in [5.41, 5.74) is 1.05. The molecule has 1 unspecified atom stereocenters. The Bertz CT molecular complexity index is 879. The van der Waals surface area contributed by atoms with Gasteiger partial charge in [0.25, 0.3) is 5.91 Å².